The highest BCUT2D eigenvalue weighted by atomic mass is 32.1. The van der Waals surface area contributed by atoms with Gasteiger partial charge in [-0.05, 0) is 52.6 Å². The van der Waals surface area contributed by atoms with Gasteiger partial charge in [0.05, 0.1) is 15.6 Å². The van der Waals surface area contributed by atoms with E-state index in [-0.39, 0.29) is 0 Å². The lowest BCUT2D eigenvalue weighted by Crippen LogP contribution is -2.32. The Morgan fingerprint density at radius 1 is 0.415 bits per heavy atom. The van der Waals surface area contributed by atoms with Gasteiger partial charge in [-0.15, -0.1) is 11.3 Å². The predicted octanol–water partition coefficient (Wildman–Crippen LogP) is 11.6. The molecule has 53 heavy (non-hydrogen) atoms. The van der Waals surface area contributed by atoms with E-state index < -0.39 is 5.41 Å². The summed E-state index contributed by atoms with van der Waals surface area (Å²) in [5.41, 5.74) is 11.1. The van der Waals surface area contributed by atoms with Crippen molar-refractivity contribution in [3.63, 3.8) is 0 Å². The van der Waals surface area contributed by atoms with E-state index >= 15 is 0 Å². The zero-order chi connectivity index (χ0) is 34.9. The van der Waals surface area contributed by atoms with Gasteiger partial charge in [-0.3, -0.25) is 0 Å². The fourth-order valence-electron chi connectivity index (χ4n) is 8.20. The summed E-state index contributed by atoms with van der Waals surface area (Å²) in [7, 11) is 0. The van der Waals surface area contributed by atoms with E-state index in [0.717, 1.165) is 65.7 Å². The van der Waals surface area contributed by atoms with Crippen LogP contribution in [0.1, 0.15) is 22.3 Å². The molecule has 0 atom stereocenters. The Morgan fingerprint density at radius 2 is 0.981 bits per heavy atom. The molecule has 0 saturated heterocycles. The van der Waals surface area contributed by atoms with Crippen molar-refractivity contribution < 1.29 is 4.74 Å². The predicted molar refractivity (Wildman–Crippen MR) is 212 cm³/mol. The number of para-hydroxylation sites is 3. The maximum atomic E-state index is 6.69. The Morgan fingerprint density at radius 3 is 1.64 bits per heavy atom. The van der Waals surface area contributed by atoms with E-state index in [1.807, 2.05) is 72.8 Å². The summed E-state index contributed by atoms with van der Waals surface area (Å²) in [6.07, 6.45) is 0. The molecule has 0 unspecified atom stereocenters. The van der Waals surface area contributed by atoms with Crippen LogP contribution in [0.25, 0.3) is 66.1 Å². The van der Waals surface area contributed by atoms with E-state index in [0.29, 0.717) is 17.5 Å². The van der Waals surface area contributed by atoms with E-state index in [1.54, 1.807) is 11.3 Å². The van der Waals surface area contributed by atoms with Crippen LogP contribution in [-0.4, -0.2) is 19.9 Å². The SMILES string of the molecule is c1ccc(-c2nc(-c3ccccc3)nc(-c3ccc4c(c3)C3(c5ccccc5Oc5ccccc53)c3c(-c5nc6ccccc6s5)cccc3-4)n2)cc1. The summed E-state index contributed by atoms with van der Waals surface area (Å²) in [4.78, 5) is 20.4. The van der Waals surface area contributed by atoms with Crippen LogP contribution < -0.4 is 4.74 Å². The molecule has 0 bridgehead atoms. The van der Waals surface area contributed by atoms with Crippen LogP contribution in [0.4, 0.5) is 0 Å². The van der Waals surface area contributed by atoms with Gasteiger partial charge < -0.3 is 4.74 Å². The summed E-state index contributed by atoms with van der Waals surface area (Å²) in [5.74, 6) is 3.56. The number of aromatic nitrogens is 4. The summed E-state index contributed by atoms with van der Waals surface area (Å²) in [5, 5.41) is 0.995. The van der Waals surface area contributed by atoms with Crippen molar-refractivity contribution in [2.24, 2.45) is 0 Å². The van der Waals surface area contributed by atoms with Crippen LogP contribution in [0.2, 0.25) is 0 Å². The second-order valence-electron chi connectivity index (χ2n) is 13.4. The standard InChI is InChI=1S/C47H28N4OS/c1-3-14-29(15-4-1)43-49-44(30-16-5-2-6-17-30)51-45(50-43)31-26-27-32-33-18-13-19-34(46-48-38-22-9-12-25-41(38)53-46)42(33)47(37(32)28-31)35-20-7-10-23-39(35)52-40-24-11-8-21-36(40)47/h1-28H. The minimum Gasteiger partial charge on any atom is -0.457 e. The molecule has 0 amide bonds. The third-order valence-electron chi connectivity index (χ3n) is 10.4. The number of hydrogen-bond donors (Lipinski definition) is 0. The number of benzene rings is 7. The molecule has 2 aromatic heterocycles. The third-order valence-corrected chi connectivity index (χ3v) is 11.5. The normalized spacial score (nSPS) is 13.2. The summed E-state index contributed by atoms with van der Waals surface area (Å²) in [6.45, 7) is 0. The first-order chi connectivity index (χ1) is 26.3. The summed E-state index contributed by atoms with van der Waals surface area (Å²) in [6, 6.07) is 58.9. The molecule has 248 valence electrons. The van der Waals surface area contributed by atoms with Crippen LogP contribution in [0.5, 0.6) is 11.5 Å². The van der Waals surface area contributed by atoms with Gasteiger partial charge >= 0.3 is 0 Å². The first kappa shape index (κ1) is 29.9. The van der Waals surface area contributed by atoms with E-state index in [1.165, 1.54) is 16.7 Å². The average molecular weight is 697 g/mol. The maximum Gasteiger partial charge on any atom is 0.164 e. The molecule has 1 spiro atoms. The number of ether oxygens (including phenoxy) is 1. The molecule has 7 aromatic carbocycles. The first-order valence-corrected chi connectivity index (χ1v) is 18.5. The molecule has 9 aromatic rings. The molecule has 11 rings (SSSR count). The first-order valence-electron chi connectivity index (χ1n) is 17.6. The molecule has 0 radical (unpaired) electrons. The Hall–Kier alpha value is -6.76. The Bertz CT molecular complexity index is 2750. The molecule has 0 N–H and O–H groups in total. The molecule has 1 aliphatic carbocycles. The van der Waals surface area contributed by atoms with Crippen molar-refractivity contribution in [1.82, 2.24) is 19.9 Å². The highest BCUT2D eigenvalue weighted by Crippen LogP contribution is 2.64. The van der Waals surface area contributed by atoms with Gasteiger partial charge in [0.2, 0.25) is 0 Å². The lowest BCUT2D eigenvalue weighted by atomic mass is 9.65. The molecule has 1 aliphatic heterocycles. The largest absolute Gasteiger partial charge is 0.457 e. The molecule has 0 saturated carbocycles. The van der Waals surface area contributed by atoms with Crippen molar-refractivity contribution >= 4 is 21.6 Å². The van der Waals surface area contributed by atoms with Crippen molar-refractivity contribution in [1.29, 1.82) is 0 Å². The lowest BCUT2D eigenvalue weighted by molar-refractivity contribution is 0.436. The van der Waals surface area contributed by atoms with Crippen molar-refractivity contribution in [2.75, 3.05) is 0 Å². The second-order valence-corrected chi connectivity index (χ2v) is 14.4. The number of nitrogens with zero attached hydrogens (tertiary/aromatic N) is 4. The van der Waals surface area contributed by atoms with Crippen molar-refractivity contribution in [2.45, 2.75) is 5.41 Å². The molecular formula is C47H28N4OS. The lowest BCUT2D eigenvalue weighted by Gasteiger charge is -2.40. The molecule has 5 nitrogen and oxygen atoms in total. The topological polar surface area (TPSA) is 60.8 Å². The Labute approximate surface area is 309 Å². The number of fused-ring (bicyclic) bond motifs is 10. The molecule has 0 fully saturated rings. The van der Waals surface area contributed by atoms with Crippen molar-refractivity contribution in [3.8, 4) is 67.4 Å². The summed E-state index contributed by atoms with van der Waals surface area (Å²) < 4.78 is 7.85. The van der Waals surface area contributed by atoms with Gasteiger partial charge in [-0.2, -0.15) is 0 Å². The van der Waals surface area contributed by atoms with Gasteiger partial charge in [0.1, 0.15) is 16.5 Å². The maximum absolute atomic E-state index is 6.69. The van der Waals surface area contributed by atoms with Gasteiger partial charge in [-0.25, -0.2) is 19.9 Å². The third kappa shape index (κ3) is 4.49. The quantitative estimate of drug-likeness (QED) is 0.183. The number of thiazole rings is 1. The fourth-order valence-corrected chi connectivity index (χ4v) is 9.20. The van der Waals surface area contributed by atoms with Crippen molar-refractivity contribution in [3.05, 3.63) is 192 Å². The minimum absolute atomic E-state index is 0.617. The number of hydrogen-bond acceptors (Lipinski definition) is 6. The van der Waals surface area contributed by atoms with Crippen LogP contribution in [0, 0.1) is 0 Å². The average Bonchev–Trinajstić information content (AvgIpc) is 3.79. The van der Waals surface area contributed by atoms with E-state index in [9.17, 15) is 0 Å². The van der Waals surface area contributed by atoms with Gasteiger partial charge in [0.15, 0.2) is 17.5 Å². The zero-order valence-corrected chi connectivity index (χ0v) is 29.1. The molecule has 3 heterocycles. The smallest absolute Gasteiger partial charge is 0.164 e. The molecule has 6 heteroatoms. The van der Waals surface area contributed by atoms with Crippen LogP contribution in [-0.2, 0) is 5.41 Å². The van der Waals surface area contributed by atoms with Crippen LogP contribution in [0.15, 0.2) is 170 Å². The summed E-state index contributed by atoms with van der Waals surface area (Å²) >= 11 is 1.73. The van der Waals surface area contributed by atoms with Gasteiger partial charge in [-0.1, -0.05) is 140 Å². The fraction of sp³-hybridized carbons (Fsp3) is 0.0213. The Kier molecular flexibility index (Phi) is 6.57. The Balaban J connectivity index is 1.22. The van der Waals surface area contributed by atoms with Gasteiger partial charge in [0.25, 0.3) is 0 Å². The minimum atomic E-state index is -0.710. The van der Waals surface area contributed by atoms with Gasteiger partial charge in [0, 0.05) is 33.4 Å². The van der Waals surface area contributed by atoms with Crippen LogP contribution >= 0.6 is 11.3 Å². The molecule has 2 aliphatic rings. The second kappa shape index (κ2) is 11.6. The highest BCUT2D eigenvalue weighted by Gasteiger charge is 2.52. The molecular weight excluding hydrogens is 669 g/mol. The zero-order valence-electron chi connectivity index (χ0n) is 28.3. The van der Waals surface area contributed by atoms with Crippen LogP contribution in [0.3, 0.4) is 0 Å². The highest BCUT2D eigenvalue weighted by molar-refractivity contribution is 7.21. The monoisotopic (exact) mass is 696 g/mol. The van der Waals surface area contributed by atoms with E-state index in [2.05, 4.69) is 97.1 Å². The van der Waals surface area contributed by atoms with E-state index in [4.69, 9.17) is 24.7 Å². The number of rotatable bonds is 4.